The normalized spacial score (nSPS) is 15.5. The van der Waals surface area contributed by atoms with Gasteiger partial charge in [-0.15, -0.1) is 0 Å². The molecule has 0 aliphatic carbocycles. The summed E-state index contributed by atoms with van der Waals surface area (Å²) in [5.41, 5.74) is -1.33. The monoisotopic (exact) mass is 523 g/mol. The quantitative estimate of drug-likeness (QED) is 0.403. The summed E-state index contributed by atoms with van der Waals surface area (Å²) in [5, 5.41) is 11.5. The molecular formula is C27H23F2N3O4S. The number of carbonyl (C=O) groups excluding carboxylic acids is 1. The lowest BCUT2D eigenvalue weighted by molar-refractivity contribution is -0.0212. The summed E-state index contributed by atoms with van der Waals surface area (Å²) in [6.07, 6.45) is 1.91. The van der Waals surface area contributed by atoms with Gasteiger partial charge in [0.1, 0.15) is 4.90 Å². The van der Waals surface area contributed by atoms with E-state index >= 15 is 0 Å². The minimum absolute atomic E-state index is 0.147. The number of sulfonamides is 1. The van der Waals surface area contributed by atoms with Gasteiger partial charge < -0.3 is 10.0 Å². The summed E-state index contributed by atoms with van der Waals surface area (Å²) in [5.74, 6) is -3.68. The number of anilines is 1. The van der Waals surface area contributed by atoms with E-state index in [1.165, 1.54) is 23.2 Å². The second kappa shape index (κ2) is 9.53. The number of likely N-dealkylation sites (tertiary alicyclic amines) is 1. The number of aliphatic hydroxyl groups is 1. The third kappa shape index (κ3) is 4.65. The van der Waals surface area contributed by atoms with Gasteiger partial charge in [-0.3, -0.25) is 14.5 Å². The molecule has 4 aromatic rings. The fraction of sp³-hybridized carbons (Fsp3) is 0.185. The van der Waals surface area contributed by atoms with Crippen molar-refractivity contribution < 1.29 is 27.1 Å². The number of piperidine rings is 1. The average molecular weight is 524 g/mol. The molecule has 5 rings (SSSR count). The Morgan fingerprint density at radius 2 is 1.62 bits per heavy atom. The van der Waals surface area contributed by atoms with Gasteiger partial charge in [-0.25, -0.2) is 17.2 Å². The van der Waals surface area contributed by atoms with Gasteiger partial charge in [0.25, 0.3) is 15.9 Å². The third-order valence-corrected chi connectivity index (χ3v) is 8.03. The number of para-hydroxylation sites is 1. The molecule has 10 heteroatoms. The molecule has 0 atom stereocenters. The maximum atomic E-state index is 15.0. The summed E-state index contributed by atoms with van der Waals surface area (Å²) in [4.78, 5) is 18.2. The molecule has 0 unspecified atom stereocenters. The smallest absolute Gasteiger partial charge is 0.264 e. The minimum atomic E-state index is -4.31. The van der Waals surface area contributed by atoms with Gasteiger partial charge >= 0.3 is 0 Å². The number of nitrogens with zero attached hydrogens (tertiary/aromatic N) is 2. The molecule has 1 saturated heterocycles. The summed E-state index contributed by atoms with van der Waals surface area (Å²) < 4.78 is 58.0. The standard InChI is InChI=1S/C27H23F2N3O4S/c28-23-20(26(33)32-16-13-27(34,14-17-32)19-8-2-1-3-9-19)11-12-21(24(23)29)31-37(35,36)22-10-4-6-18-7-5-15-30-25(18)22/h1-12,15,31,34H,13-14,16-17H2. The van der Waals surface area contributed by atoms with Gasteiger partial charge in [0.15, 0.2) is 11.6 Å². The first-order valence-electron chi connectivity index (χ1n) is 11.6. The van der Waals surface area contributed by atoms with Crippen molar-refractivity contribution in [1.29, 1.82) is 0 Å². The van der Waals surface area contributed by atoms with Crippen molar-refractivity contribution in [3.05, 3.63) is 102 Å². The highest BCUT2D eigenvalue weighted by atomic mass is 32.2. The Hall–Kier alpha value is -3.89. The number of halogens is 2. The number of amides is 1. The van der Waals surface area contributed by atoms with E-state index in [2.05, 4.69) is 9.71 Å². The predicted molar refractivity (Wildman–Crippen MR) is 134 cm³/mol. The Morgan fingerprint density at radius 3 is 2.35 bits per heavy atom. The van der Waals surface area contributed by atoms with E-state index in [9.17, 15) is 27.1 Å². The van der Waals surface area contributed by atoms with Crippen molar-refractivity contribution in [2.24, 2.45) is 0 Å². The van der Waals surface area contributed by atoms with Gasteiger partial charge in [0, 0.05) is 24.7 Å². The second-order valence-corrected chi connectivity index (χ2v) is 10.6. The van der Waals surface area contributed by atoms with E-state index in [0.29, 0.717) is 5.39 Å². The third-order valence-electron chi connectivity index (χ3n) is 6.63. The van der Waals surface area contributed by atoms with Crippen LogP contribution in [0.15, 0.2) is 83.9 Å². The van der Waals surface area contributed by atoms with E-state index in [1.54, 1.807) is 30.3 Å². The molecule has 7 nitrogen and oxygen atoms in total. The van der Waals surface area contributed by atoms with Gasteiger partial charge in [-0.2, -0.15) is 0 Å². The molecule has 190 valence electrons. The summed E-state index contributed by atoms with van der Waals surface area (Å²) in [7, 11) is -4.31. The molecule has 1 aliphatic heterocycles. The Balaban J connectivity index is 1.35. The number of pyridine rings is 1. The van der Waals surface area contributed by atoms with Crippen LogP contribution in [0, 0.1) is 11.6 Å². The second-order valence-electron chi connectivity index (χ2n) is 8.92. The fourth-order valence-electron chi connectivity index (χ4n) is 4.57. The molecule has 1 aliphatic rings. The molecule has 1 aromatic heterocycles. The van der Waals surface area contributed by atoms with Crippen molar-refractivity contribution in [2.75, 3.05) is 17.8 Å². The highest BCUT2D eigenvalue weighted by molar-refractivity contribution is 7.93. The Labute approximate surface area is 212 Å². The molecule has 1 amide bonds. The maximum absolute atomic E-state index is 15.0. The first-order chi connectivity index (χ1) is 17.7. The van der Waals surface area contributed by atoms with E-state index in [4.69, 9.17) is 0 Å². The largest absolute Gasteiger partial charge is 0.385 e. The van der Waals surface area contributed by atoms with E-state index in [1.807, 2.05) is 18.2 Å². The number of rotatable bonds is 5. The van der Waals surface area contributed by atoms with E-state index in [-0.39, 0.29) is 36.3 Å². The van der Waals surface area contributed by atoms with Crippen LogP contribution in [-0.4, -0.2) is 42.4 Å². The average Bonchev–Trinajstić information content (AvgIpc) is 2.91. The molecular weight excluding hydrogens is 500 g/mol. The van der Waals surface area contributed by atoms with Gasteiger partial charge in [0.05, 0.1) is 22.4 Å². The van der Waals surface area contributed by atoms with Crippen LogP contribution < -0.4 is 4.72 Å². The number of nitrogens with one attached hydrogen (secondary N) is 1. The molecule has 2 heterocycles. The minimum Gasteiger partial charge on any atom is -0.385 e. The topological polar surface area (TPSA) is 99.6 Å². The molecule has 0 spiro atoms. The Bertz CT molecular complexity index is 1580. The number of fused-ring (bicyclic) bond motifs is 1. The summed E-state index contributed by atoms with van der Waals surface area (Å²) in [6, 6.07) is 19.0. The first kappa shape index (κ1) is 24.8. The van der Waals surface area contributed by atoms with Crippen LogP contribution in [-0.2, 0) is 15.6 Å². The van der Waals surface area contributed by atoms with Crippen LogP contribution >= 0.6 is 0 Å². The number of aromatic nitrogens is 1. The lowest BCUT2D eigenvalue weighted by atomic mass is 9.84. The van der Waals surface area contributed by atoms with E-state index < -0.39 is 44.4 Å². The van der Waals surface area contributed by atoms with Crippen molar-refractivity contribution in [2.45, 2.75) is 23.3 Å². The molecule has 37 heavy (non-hydrogen) atoms. The lowest BCUT2D eigenvalue weighted by Gasteiger charge is -2.38. The maximum Gasteiger partial charge on any atom is 0.264 e. The van der Waals surface area contributed by atoms with Crippen molar-refractivity contribution in [3.8, 4) is 0 Å². The highest BCUT2D eigenvalue weighted by Gasteiger charge is 2.36. The molecule has 1 fully saturated rings. The Morgan fingerprint density at radius 1 is 0.919 bits per heavy atom. The zero-order chi connectivity index (χ0) is 26.2. The Kier molecular flexibility index (Phi) is 6.38. The van der Waals surface area contributed by atoms with Crippen LogP contribution in [0.2, 0.25) is 0 Å². The molecule has 2 N–H and O–H groups in total. The van der Waals surface area contributed by atoms with Crippen molar-refractivity contribution in [1.82, 2.24) is 9.88 Å². The number of carbonyl (C=O) groups is 1. The fourth-order valence-corrected chi connectivity index (χ4v) is 5.81. The molecule has 0 saturated carbocycles. The number of hydrogen-bond acceptors (Lipinski definition) is 5. The van der Waals surface area contributed by atoms with Gasteiger partial charge in [0.2, 0.25) is 0 Å². The van der Waals surface area contributed by atoms with Crippen LogP contribution in [0.1, 0.15) is 28.8 Å². The van der Waals surface area contributed by atoms with Crippen LogP contribution in [0.5, 0.6) is 0 Å². The van der Waals surface area contributed by atoms with E-state index in [0.717, 1.165) is 17.7 Å². The molecule has 3 aromatic carbocycles. The van der Waals surface area contributed by atoms with Crippen molar-refractivity contribution >= 4 is 32.5 Å². The van der Waals surface area contributed by atoms with Crippen LogP contribution in [0.3, 0.4) is 0 Å². The van der Waals surface area contributed by atoms with Crippen LogP contribution in [0.4, 0.5) is 14.5 Å². The summed E-state index contributed by atoms with van der Waals surface area (Å²) in [6.45, 7) is 0.293. The SMILES string of the molecule is O=C(c1ccc(NS(=O)(=O)c2cccc3cccnc23)c(F)c1F)N1CCC(O)(c2ccccc2)CC1. The highest BCUT2D eigenvalue weighted by Crippen LogP contribution is 2.34. The number of hydrogen-bond donors (Lipinski definition) is 2. The van der Waals surface area contributed by atoms with Crippen molar-refractivity contribution in [3.63, 3.8) is 0 Å². The summed E-state index contributed by atoms with van der Waals surface area (Å²) >= 11 is 0. The molecule has 0 bridgehead atoms. The first-order valence-corrected chi connectivity index (χ1v) is 13.1. The van der Waals surface area contributed by atoms with Gasteiger partial charge in [-0.1, -0.05) is 48.5 Å². The van der Waals surface area contributed by atoms with Crippen LogP contribution in [0.25, 0.3) is 10.9 Å². The zero-order valence-electron chi connectivity index (χ0n) is 19.6. The van der Waals surface area contributed by atoms with Gasteiger partial charge in [-0.05, 0) is 42.7 Å². The number of benzene rings is 3. The lowest BCUT2D eigenvalue weighted by Crippen LogP contribution is -2.45. The predicted octanol–water partition coefficient (Wildman–Crippen LogP) is 4.44. The molecule has 0 radical (unpaired) electrons. The zero-order valence-corrected chi connectivity index (χ0v) is 20.4.